The van der Waals surface area contributed by atoms with E-state index in [0.29, 0.717) is 11.8 Å². The number of hydrogen-bond acceptors (Lipinski definition) is 2. The van der Waals surface area contributed by atoms with Crippen molar-refractivity contribution in [3.05, 3.63) is 0 Å². The average molecular weight is 281 g/mol. The molecule has 4 nitrogen and oxygen atoms in total. The fourth-order valence-electron chi connectivity index (χ4n) is 3.94. The van der Waals surface area contributed by atoms with Gasteiger partial charge in [-0.15, -0.1) is 0 Å². The van der Waals surface area contributed by atoms with Gasteiger partial charge >= 0.3 is 5.97 Å². The van der Waals surface area contributed by atoms with E-state index in [-0.39, 0.29) is 11.8 Å². The number of nitrogens with zero attached hydrogens (tertiary/aromatic N) is 1. The van der Waals surface area contributed by atoms with Crippen LogP contribution in [-0.4, -0.2) is 35.0 Å². The molecule has 0 aromatic carbocycles. The Kier molecular flexibility index (Phi) is 4.71. The van der Waals surface area contributed by atoms with E-state index in [1.165, 1.54) is 12.8 Å². The summed E-state index contributed by atoms with van der Waals surface area (Å²) in [6.45, 7) is 6.09. The van der Waals surface area contributed by atoms with E-state index in [9.17, 15) is 14.7 Å². The lowest BCUT2D eigenvalue weighted by molar-refractivity contribution is -0.150. The third kappa shape index (κ3) is 2.84. The Morgan fingerprint density at radius 2 is 1.65 bits per heavy atom. The Balaban J connectivity index is 1.96. The second-order valence-corrected chi connectivity index (χ2v) is 6.51. The minimum atomic E-state index is -0.797. The number of rotatable bonds is 4. The van der Waals surface area contributed by atoms with Crippen LogP contribution in [0.2, 0.25) is 0 Å². The van der Waals surface area contributed by atoms with Crippen molar-refractivity contribution in [3.63, 3.8) is 0 Å². The molecule has 2 atom stereocenters. The summed E-state index contributed by atoms with van der Waals surface area (Å²) in [5, 5.41) is 9.22. The molecule has 4 heteroatoms. The summed E-state index contributed by atoms with van der Waals surface area (Å²) in [4.78, 5) is 25.7. The first-order valence-electron chi connectivity index (χ1n) is 8.04. The molecule has 1 amide bonds. The highest BCUT2D eigenvalue weighted by Crippen LogP contribution is 2.40. The maximum Gasteiger partial charge on any atom is 0.307 e. The Morgan fingerprint density at radius 3 is 2.15 bits per heavy atom. The van der Waals surface area contributed by atoms with Gasteiger partial charge in [-0.2, -0.15) is 0 Å². The SMILES string of the molecule is CCC1(CC)CCN(C(=O)[C@@H]2CCC[C@@H]2C(=O)O)CC1. The minimum absolute atomic E-state index is 0.0932. The van der Waals surface area contributed by atoms with Crippen LogP contribution in [0.25, 0.3) is 0 Å². The maximum atomic E-state index is 12.6. The number of carbonyl (C=O) groups excluding carboxylic acids is 1. The Bertz CT molecular complexity index is 366. The molecule has 20 heavy (non-hydrogen) atoms. The number of aliphatic carboxylic acids is 1. The summed E-state index contributed by atoms with van der Waals surface area (Å²) in [6, 6.07) is 0. The molecule has 0 unspecified atom stereocenters. The number of piperidine rings is 1. The monoisotopic (exact) mass is 281 g/mol. The number of carboxylic acids is 1. The third-order valence-electron chi connectivity index (χ3n) is 5.79. The molecule has 0 spiro atoms. The summed E-state index contributed by atoms with van der Waals surface area (Å²) in [7, 11) is 0. The van der Waals surface area contributed by atoms with E-state index >= 15 is 0 Å². The summed E-state index contributed by atoms with van der Waals surface area (Å²) >= 11 is 0. The first-order chi connectivity index (χ1) is 9.53. The van der Waals surface area contributed by atoms with Gasteiger partial charge < -0.3 is 10.0 Å². The van der Waals surface area contributed by atoms with Crippen molar-refractivity contribution in [1.82, 2.24) is 4.90 Å². The Hall–Kier alpha value is -1.06. The lowest BCUT2D eigenvalue weighted by Crippen LogP contribution is -2.46. The third-order valence-corrected chi connectivity index (χ3v) is 5.79. The molecule has 1 aliphatic carbocycles. The average Bonchev–Trinajstić information content (AvgIpc) is 2.96. The highest BCUT2D eigenvalue weighted by molar-refractivity contribution is 5.85. The number of likely N-dealkylation sites (tertiary alicyclic amines) is 1. The normalized spacial score (nSPS) is 29.4. The first kappa shape index (κ1) is 15.3. The molecule has 1 saturated carbocycles. The molecular formula is C16H27NO3. The molecule has 0 radical (unpaired) electrons. The predicted molar refractivity (Wildman–Crippen MR) is 77.3 cm³/mol. The predicted octanol–water partition coefficient (Wildman–Crippen LogP) is 2.92. The zero-order valence-electron chi connectivity index (χ0n) is 12.7. The van der Waals surface area contributed by atoms with Crippen molar-refractivity contribution < 1.29 is 14.7 Å². The van der Waals surface area contributed by atoms with Crippen molar-refractivity contribution in [1.29, 1.82) is 0 Å². The van der Waals surface area contributed by atoms with Crippen LogP contribution in [0.5, 0.6) is 0 Å². The summed E-state index contributed by atoms with van der Waals surface area (Å²) in [6.07, 6.45) is 6.76. The van der Waals surface area contributed by atoms with Crippen molar-refractivity contribution in [2.45, 2.75) is 58.8 Å². The van der Waals surface area contributed by atoms with E-state index in [1.807, 2.05) is 4.90 Å². The molecule has 0 bridgehead atoms. The number of hydrogen-bond donors (Lipinski definition) is 1. The van der Waals surface area contributed by atoms with Crippen molar-refractivity contribution >= 4 is 11.9 Å². The van der Waals surface area contributed by atoms with Crippen LogP contribution in [0.4, 0.5) is 0 Å². The summed E-state index contributed by atoms with van der Waals surface area (Å²) in [5.41, 5.74) is 0.401. The van der Waals surface area contributed by atoms with Crippen molar-refractivity contribution in [2.24, 2.45) is 17.3 Å². The molecule has 2 aliphatic rings. The lowest BCUT2D eigenvalue weighted by atomic mass is 9.74. The van der Waals surface area contributed by atoms with Crippen molar-refractivity contribution in [3.8, 4) is 0 Å². The quantitative estimate of drug-likeness (QED) is 0.862. The van der Waals surface area contributed by atoms with Gasteiger partial charge in [0.2, 0.25) is 5.91 Å². The zero-order chi connectivity index (χ0) is 14.8. The van der Waals surface area contributed by atoms with Crippen LogP contribution in [0.1, 0.15) is 58.8 Å². The smallest absolute Gasteiger partial charge is 0.307 e. The molecular weight excluding hydrogens is 254 g/mol. The van der Waals surface area contributed by atoms with E-state index in [1.54, 1.807) is 0 Å². The van der Waals surface area contributed by atoms with E-state index in [4.69, 9.17) is 0 Å². The van der Waals surface area contributed by atoms with Gasteiger partial charge in [0.05, 0.1) is 11.8 Å². The van der Waals surface area contributed by atoms with Gasteiger partial charge in [-0.3, -0.25) is 9.59 Å². The van der Waals surface area contributed by atoms with Gasteiger partial charge in [0, 0.05) is 13.1 Å². The van der Waals surface area contributed by atoms with Crippen LogP contribution in [0, 0.1) is 17.3 Å². The molecule has 114 valence electrons. The van der Waals surface area contributed by atoms with Crippen LogP contribution in [-0.2, 0) is 9.59 Å². The second kappa shape index (κ2) is 6.15. The lowest BCUT2D eigenvalue weighted by Gasteiger charge is -2.42. The molecule has 1 saturated heterocycles. The highest BCUT2D eigenvalue weighted by Gasteiger charge is 2.41. The second-order valence-electron chi connectivity index (χ2n) is 6.51. The van der Waals surface area contributed by atoms with Gasteiger partial charge in [-0.25, -0.2) is 0 Å². The largest absolute Gasteiger partial charge is 0.481 e. The van der Waals surface area contributed by atoms with E-state index in [0.717, 1.165) is 38.8 Å². The summed E-state index contributed by atoms with van der Waals surface area (Å²) in [5.74, 6) is -1.43. The van der Waals surface area contributed by atoms with Gasteiger partial charge in [0.25, 0.3) is 0 Å². The molecule has 1 N–H and O–H groups in total. The van der Waals surface area contributed by atoms with Gasteiger partial charge in [0.15, 0.2) is 0 Å². The van der Waals surface area contributed by atoms with Gasteiger partial charge in [-0.1, -0.05) is 33.1 Å². The maximum absolute atomic E-state index is 12.6. The van der Waals surface area contributed by atoms with Crippen LogP contribution >= 0.6 is 0 Å². The number of amides is 1. The van der Waals surface area contributed by atoms with E-state index < -0.39 is 11.9 Å². The molecule has 0 aromatic heterocycles. The fourth-order valence-corrected chi connectivity index (χ4v) is 3.94. The van der Waals surface area contributed by atoms with Crippen LogP contribution in [0.3, 0.4) is 0 Å². The van der Waals surface area contributed by atoms with Crippen LogP contribution in [0.15, 0.2) is 0 Å². The topological polar surface area (TPSA) is 57.6 Å². The van der Waals surface area contributed by atoms with Crippen LogP contribution < -0.4 is 0 Å². The molecule has 2 rings (SSSR count). The van der Waals surface area contributed by atoms with E-state index in [2.05, 4.69) is 13.8 Å². The molecule has 1 aliphatic heterocycles. The van der Waals surface area contributed by atoms with Gasteiger partial charge in [0.1, 0.15) is 0 Å². The Morgan fingerprint density at radius 1 is 1.10 bits per heavy atom. The summed E-state index contributed by atoms with van der Waals surface area (Å²) < 4.78 is 0. The fraction of sp³-hybridized carbons (Fsp3) is 0.875. The number of carboxylic acid groups (broad SMARTS) is 1. The molecule has 2 fully saturated rings. The van der Waals surface area contributed by atoms with Gasteiger partial charge in [-0.05, 0) is 31.1 Å². The minimum Gasteiger partial charge on any atom is -0.481 e. The highest BCUT2D eigenvalue weighted by atomic mass is 16.4. The standard InChI is InChI=1S/C16H27NO3/c1-3-16(4-2)8-10-17(11-9-16)14(18)12-6-5-7-13(12)15(19)20/h12-13H,3-11H2,1-2H3,(H,19,20)/t12-,13+/m1/s1. The van der Waals surface area contributed by atoms with Crippen molar-refractivity contribution in [2.75, 3.05) is 13.1 Å². The Labute approximate surface area is 121 Å². The molecule has 1 heterocycles. The zero-order valence-corrected chi connectivity index (χ0v) is 12.7. The molecule has 0 aromatic rings. The number of carbonyl (C=O) groups is 2. The first-order valence-corrected chi connectivity index (χ1v) is 8.04.